The molecule has 7 nitrogen and oxygen atoms in total. The van der Waals surface area contributed by atoms with Crippen LogP contribution in [0.5, 0.6) is 0 Å². The Morgan fingerprint density at radius 1 is 1.03 bits per heavy atom. The van der Waals surface area contributed by atoms with E-state index in [9.17, 15) is 4.79 Å². The van der Waals surface area contributed by atoms with E-state index in [2.05, 4.69) is 38.6 Å². The fourth-order valence-corrected chi connectivity index (χ4v) is 4.56. The molecule has 2 aliphatic rings. The van der Waals surface area contributed by atoms with Gasteiger partial charge in [0.2, 0.25) is 0 Å². The van der Waals surface area contributed by atoms with Crippen molar-refractivity contribution in [3.05, 3.63) is 88.6 Å². The first kappa shape index (κ1) is 19.8. The molecule has 0 radical (unpaired) electrons. The van der Waals surface area contributed by atoms with Crippen LogP contribution in [0.25, 0.3) is 17.2 Å². The van der Waals surface area contributed by atoms with Crippen molar-refractivity contribution in [1.29, 1.82) is 0 Å². The molecule has 3 aromatic heterocycles. The van der Waals surface area contributed by atoms with E-state index < -0.39 is 0 Å². The highest BCUT2D eigenvalue weighted by molar-refractivity contribution is 5.95. The SMILES string of the molecule is Cc1cccc(CNC(=O)c2cnn(-c3ncc4c(n3)-c3ccccc3CC4)c2C2CC2)n1. The number of fused-ring (bicyclic) bond motifs is 3. The van der Waals surface area contributed by atoms with Gasteiger partial charge in [-0.05, 0) is 55.9 Å². The summed E-state index contributed by atoms with van der Waals surface area (Å²) in [6.07, 6.45) is 7.57. The maximum absolute atomic E-state index is 13.1. The summed E-state index contributed by atoms with van der Waals surface area (Å²) < 4.78 is 1.76. The molecule has 0 unspecified atom stereocenters. The minimum absolute atomic E-state index is 0.144. The third kappa shape index (κ3) is 3.69. The number of amides is 1. The van der Waals surface area contributed by atoms with Crippen molar-refractivity contribution in [2.75, 3.05) is 0 Å². The highest BCUT2D eigenvalue weighted by Gasteiger charge is 2.34. The molecule has 1 fully saturated rings. The first-order chi connectivity index (χ1) is 16.2. The molecule has 3 heterocycles. The van der Waals surface area contributed by atoms with E-state index in [0.29, 0.717) is 24.0 Å². The van der Waals surface area contributed by atoms with Crippen molar-refractivity contribution in [1.82, 2.24) is 30.0 Å². The van der Waals surface area contributed by atoms with Gasteiger partial charge in [-0.1, -0.05) is 30.3 Å². The number of aryl methyl sites for hydroxylation is 3. The summed E-state index contributed by atoms with van der Waals surface area (Å²) in [7, 11) is 0. The quantitative estimate of drug-likeness (QED) is 0.512. The van der Waals surface area contributed by atoms with E-state index in [4.69, 9.17) is 4.98 Å². The monoisotopic (exact) mass is 436 g/mol. The van der Waals surface area contributed by atoms with E-state index in [-0.39, 0.29) is 5.91 Å². The lowest BCUT2D eigenvalue weighted by Gasteiger charge is -2.19. The highest BCUT2D eigenvalue weighted by atomic mass is 16.1. The summed E-state index contributed by atoms with van der Waals surface area (Å²) in [5.74, 6) is 0.679. The average molecular weight is 437 g/mol. The Morgan fingerprint density at radius 2 is 1.88 bits per heavy atom. The molecule has 0 atom stereocenters. The number of hydrogen-bond acceptors (Lipinski definition) is 5. The molecule has 6 rings (SSSR count). The number of carbonyl (C=O) groups is 1. The molecular weight excluding hydrogens is 412 g/mol. The van der Waals surface area contributed by atoms with Crippen LogP contribution in [0.15, 0.2) is 54.9 Å². The normalized spacial score (nSPS) is 14.5. The number of aromatic nitrogens is 5. The molecule has 7 heteroatoms. The lowest BCUT2D eigenvalue weighted by Crippen LogP contribution is -2.24. The second-order valence-corrected chi connectivity index (χ2v) is 8.78. The number of nitrogens with one attached hydrogen (secondary N) is 1. The van der Waals surface area contributed by atoms with Gasteiger partial charge < -0.3 is 5.32 Å². The number of nitrogens with zero attached hydrogens (tertiary/aromatic N) is 5. The number of benzene rings is 1. The Kier molecular flexibility index (Phi) is 4.75. The molecule has 0 bridgehead atoms. The Morgan fingerprint density at radius 3 is 2.73 bits per heavy atom. The van der Waals surface area contributed by atoms with Gasteiger partial charge in [0.05, 0.1) is 35.4 Å². The average Bonchev–Trinajstić information content (AvgIpc) is 3.59. The number of carbonyl (C=O) groups excluding carboxylic acids is 1. The van der Waals surface area contributed by atoms with Crippen molar-refractivity contribution in [3.63, 3.8) is 0 Å². The van der Waals surface area contributed by atoms with Gasteiger partial charge in [0.15, 0.2) is 0 Å². The lowest BCUT2D eigenvalue weighted by atomic mass is 9.90. The Bertz CT molecular complexity index is 1370. The molecule has 2 aliphatic carbocycles. The van der Waals surface area contributed by atoms with Crippen molar-refractivity contribution in [2.45, 2.75) is 45.1 Å². The zero-order valence-electron chi connectivity index (χ0n) is 18.5. The summed E-state index contributed by atoms with van der Waals surface area (Å²) in [6.45, 7) is 2.32. The van der Waals surface area contributed by atoms with Crippen molar-refractivity contribution >= 4 is 5.91 Å². The van der Waals surface area contributed by atoms with Crippen LogP contribution in [0.3, 0.4) is 0 Å². The standard InChI is InChI=1S/C26H24N6O/c1-16-5-4-7-20(30-16)14-27-25(33)22-15-29-32(24(22)18-10-11-18)26-28-13-19-12-9-17-6-2-3-8-21(17)23(19)31-26/h2-8,13,15,18H,9-12,14H2,1H3,(H,27,33). The zero-order chi connectivity index (χ0) is 22.4. The number of pyridine rings is 1. The molecule has 1 N–H and O–H groups in total. The number of rotatable bonds is 5. The number of hydrogen-bond donors (Lipinski definition) is 1. The van der Waals surface area contributed by atoms with Gasteiger partial charge in [-0.2, -0.15) is 5.10 Å². The summed E-state index contributed by atoms with van der Waals surface area (Å²) in [4.78, 5) is 27.1. The predicted molar refractivity (Wildman–Crippen MR) is 124 cm³/mol. The molecule has 164 valence electrons. The summed E-state index contributed by atoms with van der Waals surface area (Å²) in [5.41, 5.74) is 7.84. The molecular formula is C26H24N6O. The minimum atomic E-state index is -0.144. The fourth-order valence-electron chi connectivity index (χ4n) is 4.56. The van der Waals surface area contributed by atoms with Gasteiger partial charge >= 0.3 is 0 Å². The highest BCUT2D eigenvalue weighted by Crippen LogP contribution is 2.42. The smallest absolute Gasteiger partial charge is 0.255 e. The third-order valence-corrected chi connectivity index (χ3v) is 6.37. The van der Waals surface area contributed by atoms with Crippen molar-refractivity contribution in [2.24, 2.45) is 0 Å². The maximum Gasteiger partial charge on any atom is 0.255 e. The second-order valence-electron chi connectivity index (χ2n) is 8.78. The van der Waals surface area contributed by atoms with Crippen molar-refractivity contribution in [3.8, 4) is 17.2 Å². The fraction of sp³-hybridized carbons (Fsp3) is 0.269. The zero-order valence-corrected chi connectivity index (χ0v) is 18.5. The van der Waals surface area contributed by atoms with Gasteiger partial charge in [-0.3, -0.25) is 9.78 Å². The van der Waals surface area contributed by atoms with Crippen LogP contribution in [0.2, 0.25) is 0 Å². The van der Waals surface area contributed by atoms with Crippen molar-refractivity contribution < 1.29 is 4.79 Å². The maximum atomic E-state index is 13.1. The van der Waals surface area contributed by atoms with E-state index >= 15 is 0 Å². The van der Waals surface area contributed by atoms with Gasteiger partial charge in [0.25, 0.3) is 11.9 Å². The van der Waals surface area contributed by atoms with E-state index in [1.54, 1.807) is 10.9 Å². The molecule has 33 heavy (non-hydrogen) atoms. The van der Waals surface area contributed by atoms with Crippen LogP contribution >= 0.6 is 0 Å². The van der Waals surface area contributed by atoms with Gasteiger partial charge in [0.1, 0.15) is 0 Å². The molecule has 4 aromatic rings. The molecule has 0 aliphatic heterocycles. The second kappa shape index (κ2) is 7.92. The van der Waals surface area contributed by atoms with E-state index in [0.717, 1.165) is 59.6 Å². The summed E-state index contributed by atoms with van der Waals surface area (Å²) in [6, 6.07) is 14.2. The summed E-state index contributed by atoms with van der Waals surface area (Å²) in [5, 5.41) is 7.56. The van der Waals surface area contributed by atoms with Crippen LogP contribution in [0.4, 0.5) is 0 Å². The van der Waals surface area contributed by atoms with Gasteiger partial charge in [0, 0.05) is 23.4 Å². The Balaban J connectivity index is 1.33. The Hall–Kier alpha value is -3.87. The lowest BCUT2D eigenvalue weighted by molar-refractivity contribution is 0.0949. The van der Waals surface area contributed by atoms with Crippen LogP contribution in [-0.2, 0) is 19.4 Å². The van der Waals surface area contributed by atoms with E-state index in [1.807, 2.05) is 37.4 Å². The third-order valence-electron chi connectivity index (χ3n) is 6.37. The predicted octanol–water partition coefficient (Wildman–Crippen LogP) is 3.94. The Labute approximate surface area is 191 Å². The first-order valence-electron chi connectivity index (χ1n) is 11.4. The topological polar surface area (TPSA) is 85.6 Å². The van der Waals surface area contributed by atoms with Gasteiger partial charge in [-0.15, -0.1) is 0 Å². The molecule has 1 amide bonds. The van der Waals surface area contributed by atoms with E-state index in [1.165, 1.54) is 5.56 Å². The van der Waals surface area contributed by atoms with Crippen LogP contribution in [-0.4, -0.2) is 30.6 Å². The first-order valence-corrected chi connectivity index (χ1v) is 11.4. The molecule has 0 saturated heterocycles. The largest absolute Gasteiger partial charge is 0.346 e. The van der Waals surface area contributed by atoms with Crippen LogP contribution < -0.4 is 5.32 Å². The molecule has 1 aromatic carbocycles. The van der Waals surface area contributed by atoms with Crippen LogP contribution in [0.1, 0.15) is 57.3 Å². The van der Waals surface area contributed by atoms with Gasteiger partial charge in [-0.25, -0.2) is 14.6 Å². The molecule has 0 spiro atoms. The molecule has 1 saturated carbocycles. The summed E-state index contributed by atoms with van der Waals surface area (Å²) >= 11 is 0. The minimum Gasteiger partial charge on any atom is -0.346 e. The van der Waals surface area contributed by atoms with Crippen LogP contribution in [0, 0.1) is 6.92 Å².